The Balaban J connectivity index is 1.85. The van der Waals surface area contributed by atoms with Crippen molar-refractivity contribution in [1.82, 2.24) is 5.43 Å². The lowest BCUT2D eigenvalue weighted by molar-refractivity contribution is -0.119. The van der Waals surface area contributed by atoms with Gasteiger partial charge < -0.3 is 5.32 Å². The van der Waals surface area contributed by atoms with Gasteiger partial charge in [0.15, 0.2) is 0 Å². The number of carbonyl (C=O) groups excluding carboxylic acids is 1. The summed E-state index contributed by atoms with van der Waals surface area (Å²) in [6, 6.07) is 12.9. The summed E-state index contributed by atoms with van der Waals surface area (Å²) in [5.74, 6) is -0.615. The van der Waals surface area contributed by atoms with E-state index in [9.17, 15) is 9.18 Å². The van der Waals surface area contributed by atoms with Crippen molar-refractivity contribution in [3.8, 4) is 0 Å². The first-order valence-corrected chi connectivity index (χ1v) is 7.01. The minimum Gasteiger partial charge on any atom is -0.376 e. The molecule has 2 N–H and O–H groups in total. The lowest BCUT2D eigenvalue weighted by Gasteiger charge is -2.06. The minimum atomic E-state index is -0.321. The highest BCUT2D eigenvalue weighted by molar-refractivity contribution is 6.30. The zero-order chi connectivity index (χ0) is 15.9. The Morgan fingerprint density at radius 1 is 1.14 bits per heavy atom. The normalized spacial score (nSPS) is 11.1. The molecule has 0 aromatic heterocycles. The molecule has 0 atom stereocenters. The lowest BCUT2D eigenvalue weighted by Crippen LogP contribution is -2.26. The van der Waals surface area contributed by atoms with Gasteiger partial charge in [-0.1, -0.05) is 23.7 Å². The fourth-order valence-corrected chi connectivity index (χ4v) is 1.82. The van der Waals surface area contributed by atoms with Gasteiger partial charge in [-0.05, 0) is 48.9 Å². The number of amides is 1. The quantitative estimate of drug-likeness (QED) is 0.655. The van der Waals surface area contributed by atoms with Crippen LogP contribution in [-0.2, 0) is 4.79 Å². The fourth-order valence-electron chi connectivity index (χ4n) is 1.69. The molecule has 114 valence electrons. The van der Waals surface area contributed by atoms with Crippen LogP contribution < -0.4 is 10.7 Å². The van der Waals surface area contributed by atoms with Gasteiger partial charge in [0.05, 0.1) is 12.3 Å². The largest absolute Gasteiger partial charge is 0.376 e. The van der Waals surface area contributed by atoms with Crippen LogP contribution in [0.2, 0.25) is 5.02 Å². The van der Waals surface area contributed by atoms with Gasteiger partial charge in [-0.25, -0.2) is 9.82 Å². The fraction of sp³-hybridized carbons (Fsp3) is 0.125. The van der Waals surface area contributed by atoms with Crippen LogP contribution in [0.4, 0.5) is 10.1 Å². The highest BCUT2D eigenvalue weighted by Gasteiger charge is 2.02. The van der Waals surface area contributed by atoms with Crippen molar-refractivity contribution in [2.24, 2.45) is 5.10 Å². The molecule has 1 amide bonds. The van der Waals surface area contributed by atoms with Crippen molar-refractivity contribution >= 4 is 28.9 Å². The Hall–Kier alpha value is -2.40. The maximum atomic E-state index is 12.7. The number of carbonyl (C=O) groups is 1. The molecule has 4 nitrogen and oxygen atoms in total. The van der Waals surface area contributed by atoms with Gasteiger partial charge in [0.25, 0.3) is 5.91 Å². The molecule has 0 bridgehead atoms. The summed E-state index contributed by atoms with van der Waals surface area (Å²) in [4.78, 5) is 11.7. The number of rotatable bonds is 5. The highest BCUT2D eigenvalue weighted by atomic mass is 35.5. The molecule has 0 aliphatic heterocycles. The summed E-state index contributed by atoms with van der Waals surface area (Å²) < 4.78 is 12.7. The number of hydrogen-bond donors (Lipinski definition) is 2. The lowest BCUT2D eigenvalue weighted by atomic mass is 10.1. The van der Waals surface area contributed by atoms with E-state index in [0.717, 1.165) is 5.56 Å². The second-order valence-electron chi connectivity index (χ2n) is 4.60. The third kappa shape index (κ3) is 4.86. The van der Waals surface area contributed by atoms with Crippen molar-refractivity contribution < 1.29 is 9.18 Å². The molecule has 0 saturated heterocycles. The average molecular weight is 320 g/mol. The molecule has 6 heteroatoms. The monoisotopic (exact) mass is 319 g/mol. The summed E-state index contributed by atoms with van der Waals surface area (Å²) in [6.45, 7) is 1.83. The Kier molecular flexibility index (Phi) is 5.49. The van der Waals surface area contributed by atoms with Crippen molar-refractivity contribution in [2.75, 3.05) is 11.9 Å². The molecule has 2 aromatic rings. The Labute approximate surface area is 133 Å². The standard InChI is InChI=1S/C16H15ClFN3O/c1-11(12-2-4-13(17)5-3-12)20-21-16(22)10-19-15-8-6-14(18)7-9-15/h2-9,19H,10H2,1H3,(H,21,22)/b20-11-. The van der Waals surface area contributed by atoms with Crippen LogP contribution in [0.25, 0.3) is 0 Å². The van der Waals surface area contributed by atoms with Crippen LogP contribution in [0.5, 0.6) is 0 Å². The highest BCUT2D eigenvalue weighted by Crippen LogP contribution is 2.10. The van der Waals surface area contributed by atoms with E-state index < -0.39 is 0 Å². The molecule has 0 aliphatic carbocycles. The van der Waals surface area contributed by atoms with Crippen LogP contribution in [0.1, 0.15) is 12.5 Å². The van der Waals surface area contributed by atoms with E-state index in [0.29, 0.717) is 16.4 Å². The van der Waals surface area contributed by atoms with Crippen molar-refractivity contribution in [2.45, 2.75) is 6.92 Å². The van der Waals surface area contributed by atoms with Crippen molar-refractivity contribution in [3.05, 3.63) is 64.9 Å². The van der Waals surface area contributed by atoms with E-state index >= 15 is 0 Å². The molecule has 2 rings (SSSR count). The first kappa shape index (κ1) is 16.0. The molecule has 22 heavy (non-hydrogen) atoms. The summed E-state index contributed by atoms with van der Waals surface area (Å²) in [6.07, 6.45) is 0. The molecule has 0 radical (unpaired) electrons. The number of hydrazone groups is 1. The van der Waals surface area contributed by atoms with Crippen molar-refractivity contribution in [1.29, 1.82) is 0 Å². The molecular weight excluding hydrogens is 305 g/mol. The molecular formula is C16H15ClFN3O. The third-order valence-corrected chi connectivity index (χ3v) is 3.16. The van der Waals surface area contributed by atoms with Crippen LogP contribution in [-0.4, -0.2) is 18.2 Å². The predicted octanol–water partition coefficient (Wildman–Crippen LogP) is 3.43. The third-order valence-electron chi connectivity index (χ3n) is 2.91. The topological polar surface area (TPSA) is 53.5 Å². The molecule has 0 heterocycles. The SMILES string of the molecule is C/C(=N/NC(=O)CNc1ccc(F)cc1)c1ccc(Cl)cc1. The van der Waals surface area contributed by atoms with E-state index in [1.165, 1.54) is 12.1 Å². The summed E-state index contributed by atoms with van der Waals surface area (Å²) >= 11 is 5.81. The molecule has 2 aromatic carbocycles. The number of nitrogens with one attached hydrogen (secondary N) is 2. The molecule has 0 saturated carbocycles. The Bertz CT molecular complexity index is 669. The van der Waals surface area contributed by atoms with E-state index in [1.54, 1.807) is 31.2 Å². The zero-order valence-electron chi connectivity index (χ0n) is 11.9. The van der Waals surface area contributed by atoms with Gasteiger partial charge in [0.1, 0.15) is 5.82 Å². The number of hydrogen-bond acceptors (Lipinski definition) is 3. The summed E-state index contributed by atoms with van der Waals surface area (Å²) in [5.41, 5.74) is 4.66. The minimum absolute atomic E-state index is 0.0447. The number of halogens is 2. The van der Waals surface area contributed by atoms with Gasteiger partial charge in [-0.3, -0.25) is 4.79 Å². The van der Waals surface area contributed by atoms with Crippen LogP contribution in [0, 0.1) is 5.82 Å². The second kappa shape index (κ2) is 7.56. The second-order valence-corrected chi connectivity index (χ2v) is 5.04. The number of benzene rings is 2. The van der Waals surface area contributed by atoms with E-state index in [1.807, 2.05) is 12.1 Å². The first-order chi connectivity index (χ1) is 10.5. The Morgan fingerprint density at radius 3 is 2.41 bits per heavy atom. The van der Waals surface area contributed by atoms with Gasteiger partial charge in [0, 0.05) is 10.7 Å². The molecule has 0 spiro atoms. The molecule has 0 fully saturated rings. The van der Waals surface area contributed by atoms with Gasteiger partial charge in [-0.2, -0.15) is 5.10 Å². The van der Waals surface area contributed by atoms with Crippen LogP contribution >= 0.6 is 11.6 Å². The van der Waals surface area contributed by atoms with E-state index in [-0.39, 0.29) is 18.3 Å². The Morgan fingerprint density at radius 2 is 1.77 bits per heavy atom. The number of nitrogens with zero attached hydrogens (tertiary/aromatic N) is 1. The maximum absolute atomic E-state index is 12.7. The molecule has 0 unspecified atom stereocenters. The predicted molar refractivity (Wildman–Crippen MR) is 86.7 cm³/mol. The summed E-state index contributed by atoms with van der Waals surface area (Å²) in [7, 11) is 0. The van der Waals surface area contributed by atoms with Crippen molar-refractivity contribution in [3.63, 3.8) is 0 Å². The van der Waals surface area contributed by atoms with E-state index in [4.69, 9.17) is 11.6 Å². The average Bonchev–Trinajstić information content (AvgIpc) is 2.52. The summed E-state index contributed by atoms with van der Waals surface area (Å²) in [5, 5.41) is 7.54. The van der Waals surface area contributed by atoms with Crippen LogP contribution in [0.15, 0.2) is 53.6 Å². The zero-order valence-corrected chi connectivity index (χ0v) is 12.7. The number of anilines is 1. The van der Waals surface area contributed by atoms with Gasteiger partial charge in [-0.15, -0.1) is 0 Å². The van der Waals surface area contributed by atoms with Gasteiger partial charge in [0.2, 0.25) is 0 Å². The van der Waals surface area contributed by atoms with Gasteiger partial charge >= 0.3 is 0 Å². The molecule has 0 aliphatic rings. The first-order valence-electron chi connectivity index (χ1n) is 6.63. The smallest absolute Gasteiger partial charge is 0.259 e. The van der Waals surface area contributed by atoms with Crippen LogP contribution in [0.3, 0.4) is 0 Å². The van der Waals surface area contributed by atoms with E-state index in [2.05, 4.69) is 15.8 Å². The maximum Gasteiger partial charge on any atom is 0.259 e.